The Kier molecular flexibility index (Phi) is 3.79. The van der Waals surface area contributed by atoms with Crippen molar-refractivity contribution < 1.29 is 14.8 Å². The fourth-order valence-electron chi connectivity index (χ4n) is 2.02. The van der Waals surface area contributed by atoms with Crippen molar-refractivity contribution in [3.05, 3.63) is 63.7 Å². The van der Waals surface area contributed by atoms with Gasteiger partial charge in [-0.1, -0.05) is 29.8 Å². The normalized spacial score (nSPS) is 10.2. The Morgan fingerprint density at radius 2 is 1.85 bits per heavy atom. The SMILES string of the molecule is Cc1ccc(-c2ccc([N+](=O)[O-])cc2CC(=O)O)cc1. The molecule has 0 aromatic heterocycles. The van der Waals surface area contributed by atoms with E-state index in [0.717, 1.165) is 11.1 Å². The van der Waals surface area contributed by atoms with Crippen molar-refractivity contribution in [2.75, 3.05) is 0 Å². The Hall–Kier alpha value is -2.69. The molecule has 2 aromatic rings. The molecule has 0 radical (unpaired) electrons. The van der Waals surface area contributed by atoms with Crippen molar-refractivity contribution in [3.63, 3.8) is 0 Å². The first-order valence-electron chi connectivity index (χ1n) is 6.03. The van der Waals surface area contributed by atoms with Crippen molar-refractivity contribution in [3.8, 4) is 11.1 Å². The Morgan fingerprint density at radius 3 is 2.40 bits per heavy atom. The highest BCUT2D eigenvalue weighted by Crippen LogP contribution is 2.28. The van der Waals surface area contributed by atoms with Gasteiger partial charge >= 0.3 is 5.97 Å². The lowest BCUT2D eigenvalue weighted by Gasteiger charge is -2.08. The van der Waals surface area contributed by atoms with Crippen LogP contribution in [0.4, 0.5) is 5.69 Å². The van der Waals surface area contributed by atoms with E-state index in [-0.39, 0.29) is 12.1 Å². The minimum atomic E-state index is -1.01. The van der Waals surface area contributed by atoms with E-state index in [1.165, 1.54) is 12.1 Å². The Balaban J connectivity index is 2.53. The quantitative estimate of drug-likeness (QED) is 0.684. The summed E-state index contributed by atoms with van der Waals surface area (Å²) in [5.41, 5.74) is 2.99. The number of carboxylic acids is 1. The van der Waals surface area contributed by atoms with E-state index in [2.05, 4.69) is 0 Å². The van der Waals surface area contributed by atoms with Gasteiger partial charge in [0.1, 0.15) is 0 Å². The van der Waals surface area contributed by atoms with E-state index in [1.54, 1.807) is 6.07 Å². The predicted molar refractivity (Wildman–Crippen MR) is 74.6 cm³/mol. The number of hydrogen-bond donors (Lipinski definition) is 1. The van der Waals surface area contributed by atoms with Crippen LogP contribution in [-0.2, 0) is 11.2 Å². The molecule has 2 aromatic carbocycles. The van der Waals surface area contributed by atoms with Crippen molar-refractivity contribution in [2.45, 2.75) is 13.3 Å². The maximum absolute atomic E-state index is 10.9. The zero-order valence-corrected chi connectivity index (χ0v) is 10.9. The molecule has 0 heterocycles. The summed E-state index contributed by atoms with van der Waals surface area (Å²) in [5.74, 6) is -1.01. The number of rotatable bonds is 4. The molecule has 0 fully saturated rings. The molecule has 5 nitrogen and oxygen atoms in total. The Morgan fingerprint density at radius 1 is 1.20 bits per heavy atom. The van der Waals surface area contributed by atoms with Crippen LogP contribution in [0.3, 0.4) is 0 Å². The molecule has 0 spiro atoms. The second-order valence-electron chi connectivity index (χ2n) is 4.54. The first-order chi connectivity index (χ1) is 9.47. The number of aliphatic carboxylic acids is 1. The van der Waals surface area contributed by atoms with E-state index < -0.39 is 10.9 Å². The van der Waals surface area contributed by atoms with Gasteiger partial charge in [0.05, 0.1) is 11.3 Å². The summed E-state index contributed by atoms with van der Waals surface area (Å²) in [5, 5.41) is 19.7. The van der Waals surface area contributed by atoms with Gasteiger partial charge in [-0.15, -0.1) is 0 Å². The van der Waals surface area contributed by atoms with Crippen molar-refractivity contribution >= 4 is 11.7 Å². The average molecular weight is 271 g/mol. The van der Waals surface area contributed by atoms with Gasteiger partial charge < -0.3 is 5.11 Å². The monoisotopic (exact) mass is 271 g/mol. The summed E-state index contributed by atoms with van der Waals surface area (Å²) in [6, 6.07) is 11.9. The molecule has 0 aliphatic heterocycles. The highest BCUT2D eigenvalue weighted by Gasteiger charge is 2.14. The largest absolute Gasteiger partial charge is 0.481 e. The van der Waals surface area contributed by atoms with Crippen LogP contribution >= 0.6 is 0 Å². The third-order valence-electron chi connectivity index (χ3n) is 3.00. The van der Waals surface area contributed by atoms with Gasteiger partial charge in [-0.05, 0) is 29.7 Å². The summed E-state index contributed by atoms with van der Waals surface area (Å²) in [6.45, 7) is 1.96. The molecule has 0 amide bonds. The van der Waals surface area contributed by atoms with E-state index >= 15 is 0 Å². The van der Waals surface area contributed by atoms with Gasteiger partial charge in [0.15, 0.2) is 0 Å². The molecule has 2 rings (SSSR count). The van der Waals surface area contributed by atoms with Crippen LogP contribution in [0.2, 0.25) is 0 Å². The molecule has 0 bridgehead atoms. The Labute approximate surface area is 115 Å². The van der Waals surface area contributed by atoms with E-state index in [0.29, 0.717) is 11.1 Å². The van der Waals surface area contributed by atoms with Gasteiger partial charge in [0, 0.05) is 12.1 Å². The van der Waals surface area contributed by atoms with E-state index in [1.807, 2.05) is 31.2 Å². The predicted octanol–water partition coefficient (Wildman–Crippen LogP) is 3.20. The molecule has 0 saturated heterocycles. The van der Waals surface area contributed by atoms with Gasteiger partial charge in [-0.2, -0.15) is 0 Å². The minimum absolute atomic E-state index is 0.0999. The molecule has 1 N–H and O–H groups in total. The van der Waals surface area contributed by atoms with Gasteiger partial charge in [0.2, 0.25) is 0 Å². The molecule has 102 valence electrons. The molecular formula is C15H13NO4. The average Bonchev–Trinajstić information content (AvgIpc) is 2.39. The highest BCUT2D eigenvalue weighted by molar-refractivity contribution is 5.77. The molecule has 0 atom stereocenters. The lowest BCUT2D eigenvalue weighted by molar-refractivity contribution is -0.384. The molecule has 0 unspecified atom stereocenters. The molecule has 0 saturated carbocycles. The molecule has 0 aliphatic carbocycles. The zero-order valence-electron chi connectivity index (χ0n) is 10.9. The maximum atomic E-state index is 10.9. The van der Waals surface area contributed by atoms with Crippen molar-refractivity contribution in [1.82, 2.24) is 0 Å². The number of benzene rings is 2. The highest BCUT2D eigenvalue weighted by atomic mass is 16.6. The van der Waals surface area contributed by atoms with Crippen LogP contribution < -0.4 is 0 Å². The third kappa shape index (κ3) is 3.00. The fraction of sp³-hybridized carbons (Fsp3) is 0.133. The molecule has 20 heavy (non-hydrogen) atoms. The summed E-state index contributed by atoms with van der Waals surface area (Å²) < 4.78 is 0. The summed E-state index contributed by atoms with van der Waals surface area (Å²) in [7, 11) is 0. The summed E-state index contributed by atoms with van der Waals surface area (Å²) in [6.07, 6.45) is -0.245. The van der Waals surface area contributed by atoms with E-state index in [4.69, 9.17) is 5.11 Å². The zero-order chi connectivity index (χ0) is 14.7. The van der Waals surface area contributed by atoms with E-state index in [9.17, 15) is 14.9 Å². The molecule has 5 heteroatoms. The number of aryl methyl sites for hydroxylation is 1. The number of nitro benzene ring substituents is 1. The molecular weight excluding hydrogens is 258 g/mol. The van der Waals surface area contributed by atoms with Crippen molar-refractivity contribution in [2.24, 2.45) is 0 Å². The fourth-order valence-corrected chi connectivity index (χ4v) is 2.02. The number of nitrogens with zero attached hydrogens (tertiary/aromatic N) is 1. The van der Waals surface area contributed by atoms with Crippen LogP contribution in [0.5, 0.6) is 0 Å². The standard InChI is InChI=1S/C15H13NO4/c1-10-2-4-11(5-3-10)14-7-6-13(16(19)20)8-12(14)9-15(17)18/h2-8H,9H2,1H3,(H,17,18). The number of hydrogen-bond acceptors (Lipinski definition) is 3. The lowest BCUT2D eigenvalue weighted by Crippen LogP contribution is -2.03. The van der Waals surface area contributed by atoms with Crippen LogP contribution in [0.25, 0.3) is 11.1 Å². The van der Waals surface area contributed by atoms with Crippen LogP contribution in [0, 0.1) is 17.0 Å². The maximum Gasteiger partial charge on any atom is 0.307 e. The first kappa shape index (κ1) is 13.7. The van der Waals surface area contributed by atoms with Crippen molar-refractivity contribution in [1.29, 1.82) is 0 Å². The number of carboxylic acid groups (broad SMARTS) is 1. The second-order valence-corrected chi connectivity index (χ2v) is 4.54. The minimum Gasteiger partial charge on any atom is -0.481 e. The molecule has 0 aliphatic rings. The number of carbonyl (C=O) groups is 1. The lowest BCUT2D eigenvalue weighted by atomic mass is 9.96. The summed E-state index contributed by atoms with van der Waals surface area (Å²) >= 11 is 0. The summed E-state index contributed by atoms with van der Waals surface area (Å²) in [4.78, 5) is 21.2. The topological polar surface area (TPSA) is 80.4 Å². The number of nitro groups is 1. The second kappa shape index (κ2) is 5.52. The van der Waals surface area contributed by atoms with Crippen LogP contribution in [0.15, 0.2) is 42.5 Å². The Bertz CT molecular complexity index is 662. The van der Waals surface area contributed by atoms with Gasteiger partial charge in [-0.3, -0.25) is 14.9 Å². The smallest absolute Gasteiger partial charge is 0.307 e. The van der Waals surface area contributed by atoms with Crippen LogP contribution in [-0.4, -0.2) is 16.0 Å². The third-order valence-corrected chi connectivity index (χ3v) is 3.00. The number of non-ortho nitro benzene ring substituents is 1. The van der Waals surface area contributed by atoms with Gasteiger partial charge in [-0.25, -0.2) is 0 Å². The van der Waals surface area contributed by atoms with Gasteiger partial charge in [0.25, 0.3) is 5.69 Å². The van der Waals surface area contributed by atoms with Crippen LogP contribution in [0.1, 0.15) is 11.1 Å². The first-order valence-corrected chi connectivity index (χ1v) is 6.03.